The third-order valence-corrected chi connectivity index (χ3v) is 5.12. The van der Waals surface area contributed by atoms with E-state index in [9.17, 15) is 18.0 Å². The molecule has 2 heterocycles. The molecule has 4 rings (SSSR count). The summed E-state index contributed by atoms with van der Waals surface area (Å²) in [5, 5.41) is 3.93. The van der Waals surface area contributed by atoms with Crippen LogP contribution in [0.25, 0.3) is 28.0 Å². The molecular formula is C19H10BrClF3N3O. The van der Waals surface area contributed by atoms with E-state index >= 15 is 0 Å². The molecule has 0 spiro atoms. The van der Waals surface area contributed by atoms with Gasteiger partial charge in [0.05, 0.1) is 11.3 Å². The van der Waals surface area contributed by atoms with Crippen LogP contribution in [0.4, 0.5) is 13.2 Å². The maximum absolute atomic E-state index is 13.6. The molecule has 142 valence electrons. The normalized spacial score (nSPS) is 11.9. The van der Waals surface area contributed by atoms with E-state index in [1.54, 1.807) is 24.3 Å². The maximum atomic E-state index is 13.6. The number of benzene rings is 2. The van der Waals surface area contributed by atoms with Gasteiger partial charge in [-0.2, -0.15) is 22.8 Å². The molecule has 0 saturated heterocycles. The number of halogens is 5. The number of fused-ring (bicyclic) bond motifs is 1. The van der Waals surface area contributed by atoms with E-state index in [-0.39, 0.29) is 16.8 Å². The lowest BCUT2D eigenvalue weighted by molar-refractivity contribution is -0.140. The monoisotopic (exact) mass is 467 g/mol. The van der Waals surface area contributed by atoms with Crippen molar-refractivity contribution in [2.24, 2.45) is 0 Å². The van der Waals surface area contributed by atoms with Crippen molar-refractivity contribution in [3.05, 3.63) is 80.1 Å². The van der Waals surface area contributed by atoms with Crippen molar-refractivity contribution in [2.45, 2.75) is 6.18 Å². The van der Waals surface area contributed by atoms with E-state index < -0.39 is 17.4 Å². The molecule has 0 fully saturated rings. The predicted octanol–water partition coefficient (Wildman–Crippen LogP) is 5.79. The summed E-state index contributed by atoms with van der Waals surface area (Å²) >= 11 is 9.25. The molecule has 4 aromatic rings. The van der Waals surface area contributed by atoms with Crippen LogP contribution in [0.15, 0.2) is 63.9 Å². The number of nitrogens with one attached hydrogen (secondary N) is 1. The van der Waals surface area contributed by atoms with Gasteiger partial charge < -0.3 is 4.98 Å². The van der Waals surface area contributed by atoms with Crippen LogP contribution in [0.2, 0.25) is 5.02 Å². The molecule has 0 aliphatic heterocycles. The lowest BCUT2D eigenvalue weighted by atomic mass is 10.1. The standard InChI is InChI=1S/C19H10BrClF3N3O/c20-13-4-2-1-3-12(13)14-9-15(28)27-18(25-14)16(17(26-27)19(22,23)24)10-5-7-11(21)8-6-10/h1-9,25H. The van der Waals surface area contributed by atoms with Gasteiger partial charge in [0.2, 0.25) is 0 Å². The van der Waals surface area contributed by atoms with Gasteiger partial charge >= 0.3 is 6.18 Å². The van der Waals surface area contributed by atoms with Gasteiger partial charge in [-0.05, 0) is 23.8 Å². The van der Waals surface area contributed by atoms with Crippen LogP contribution >= 0.6 is 27.5 Å². The van der Waals surface area contributed by atoms with Gasteiger partial charge in [-0.1, -0.05) is 57.9 Å². The topological polar surface area (TPSA) is 50.2 Å². The van der Waals surface area contributed by atoms with Crippen molar-refractivity contribution >= 4 is 33.2 Å². The molecule has 0 radical (unpaired) electrons. The predicted molar refractivity (Wildman–Crippen MR) is 104 cm³/mol. The molecule has 0 atom stereocenters. The maximum Gasteiger partial charge on any atom is 0.435 e. The molecule has 4 nitrogen and oxygen atoms in total. The summed E-state index contributed by atoms with van der Waals surface area (Å²) in [6.07, 6.45) is -4.74. The van der Waals surface area contributed by atoms with E-state index in [0.717, 1.165) is 4.52 Å². The molecule has 0 bridgehead atoms. The largest absolute Gasteiger partial charge is 0.435 e. The molecule has 0 aliphatic carbocycles. The second kappa shape index (κ2) is 6.79. The molecule has 28 heavy (non-hydrogen) atoms. The number of aromatic amines is 1. The molecule has 0 aliphatic rings. The van der Waals surface area contributed by atoms with Crippen molar-refractivity contribution in [3.8, 4) is 22.4 Å². The Morgan fingerprint density at radius 2 is 1.75 bits per heavy atom. The zero-order valence-corrected chi connectivity index (χ0v) is 16.2. The minimum Gasteiger partial charge on any atom is -0.339 e. The first-order valence-electron chi connectivity index (χ1n) is 8.00. The highest BCUT2D eigenvalue weighted by atomic mass is 79.9. The number of aromatic nitrogens is 3. The quantitative estimate of drug-likeness (QED) is 0.405. The zero-order chi connectivity index (χ0) is 20.1. The van der Waals surface area contributed by atoms with E-state index in [0.29, 0.717) is 20.8 Å². The minimum atomic E-state index is -4.74. The van der Waals surface area contributed by atoms with Crippen molar-refractivity contribution < 1.29 is 13.2 Å². The van der Waals surface area contributed by atoms with Crippen LogP contribution in [0.3, 0.4) is 0 Å². The van der Waals surface area contributed by atoms with E-state index in [1.165, 1.54) is 30.3 Å². The SMILES string of the molecule is O=c1cc(-c2ccccc2Br)[nH]c2c(-c3ccc(Cl)cc3)c(C(F)(F)F)nn12. The first-order valence-corrected chi connectivity index (χ1v) is 9.17. The fraction of sp³-hybridized carbons (Fsp3) is 0.0526. The Kier molecular flexibility index (Phi) is 4.55. The van der Waals surface area contributed by atoms with Crippen LogP contribution < -0.4 is 5.56 Å². The van der Waals surface area contributed by atoms with Crippen molar-refractivity contribution in [3.63, 3.8) is 0 Å². The number of rotatable bonds is 2. The number of hydrogen-bond acceptors (Lipinski definition) is 2. The molecule has 0 saturated carbocycles. The third-order valence-electron chi connectivity index (χ3n) is 4.18. The zero-order valence-electron chi connectivity index (χ0n) is 13.9. The fourth-order valence-corrected chi connectivity index (χ4v) is 3.58. The summed E-state index contributed by atoms with van der Waals surface area (Å²) in [6.45, 7) is 0. The van der Waals surface area contributed by atoms with Gasteiger partial charge in [-0.25, -0.2) is 0 Å². The average Bonchev–Trinajstić information content (AvgIpc) is 3.03. The Morgan fingerprint density at radius 1 is 1.07 bits per heavy atom. The van der Waals surface area contributed by atoms with Gasteiger partial charge in [-0.3, -0.25) is 4.79 Å². The van der Waals surface area contributed by atoms with Crippen molar-refractivity contribution in [1.29, 1.82) is 0 Å². The summed E-state index contributed by atoms with van der Waals surface area (Å²) in [5.41, 5.74) is -0.833. The Bertz CT molecular complexity index is 1250. The fourth-order valence-electron chi connectivity index (χ4n) is 2.95. The van der Waals surface area contributed by atoms with Gasteiger partial charge in [0.15, 0.2) is 5.69 Å². The molecule has 2 aromatic carbocycles. The highest BCUT2D eigenvalue weighted by molar-refractivity contribution is 9.10. The van der Waals surface area contributed by atoms with Gasteiger partial charge in [-0.15, -0.1) is 0 Å². The highest BCUT2D eigenvalue weighted by Gasteiger charge is 2.39. The minimum absolute atomic E-state index is 0.0482. The summed E-state index contributed by atoms with van der Waals surface area (Å²) in [4.78, 5) is 15.5. The Labute approximate surface area is 169 Å². The van der Waals surface area contributed by atoms with Crippen LogP contribution in [0.5, 0.6) is 0 Å². The van der Waals surface area contributed by atoms with Crippen LogP contribution in [-0.4, -0.2) is 14.6 Å². The van der Waals surface area contributed by atoms with E-state index in [4.69, 9.17) is 11.6 Å². The lowest BCUT2D eigenvalue weighted by Gasteiger charge is -2.08. The molecule has 1 N–H and O–H groups in total. The van der Waals surface area contributed by atoms with Gasteiger partial charge in [0, 0.05) is 21.1 Å². The third kappa shape index (κ3) is 3.22. The van der Waals surface area contributed by atoms with Gasteiger partial charge in [0.25, 0.3) is 5.56 Å². The number of H-pyrrole nitrogens is 1. The number of nitrogens with zero attached hydrogens (tertiary/aromatic N) is 2. The number of hydrogen-bond donors (Lipinski definition) is 1. The average molecular weight is 469 g/mol. The van der Waals surface area contributed by atoms with Crippen molar-refractivity contribution in [1.82, 2.24) is 14.6 Å². The van der Waals surface area contributed by atoms with Gasteiger partial charge in [0.1, 0.15) is 5.65 Å². The van der Waals surface area contributed by atoms with E-state index in [2.05, 4.69) is 26.0 Å². The van der Waals surface area contributed by atoms with Crippen LogP contribution in [-0.2, 0) is 6.18 Å². The van der Waals surface area contributed by atoms with Crippen molar-refractivity contribution in [2.75, 3.05) is 0 Å². The Balaban J connectivity index is 2.08. The Hall–Kier alpha value is -2.58. The molecule has 9 heteroatoms. The highest BCUT2D eigenvalue weighted by Crippen LogP contribution is 2.39. The molecule has 0 amide bonds. The summed E-state index contributed by atoms with van der Waals surface area (Å²) < 4.78 is 42.4. The smallest absolute Gasteiger partial charge is 0.339 e. The second-order valence-electron chi connectivity index (χ2n) is 5.99. The first-order chi connectivity index (χ1) is 13.3. The molecule has 2 aromatic heterocycles. The van der Waals surface area contributed by atoms with E-state index in [1.807, 2.05) is 0 Å². The van der Waals surface area contributed by atoms with Crippen LogP contribution in [0, 0.1) is 0 Å². The lowest BCUT2D eigenvalue weighted by Crippen LogP contribution is -2.15. The summed E-state index contributed by atoms with van der Waals surface area (Å²) in [7, 11) is 0. The summed E-state index contributed by atoms with van der Waals surface area (Å²) in [5.74, 6) is 0. The molecular weight excluding hydrogens is 459 g/mol. The summed E-state index contributed by atoms with van der Waals surface area (Å²) in [6, 6.07) is 14.2. The second-order valence-corrected chi connectivity index (χ2v) is 7.28. The Morgan fingerprint density at radius 3 is 2.39 bits per heavy atom. The number of alkyl halides is 3. The molecule has 0 unspecified atom stereocenters. The first kappa shape index (κ1) is 18.8. The van der Waals surface area contributed by atoms with Crippen LogP contribution in [0.1, 0.15) is 5.69 Å².